The Labute approximate surface area is 176 Å². The largest absolute Gasteiger partial charge is 0.496 e. The molecule has 1 saturated carbocycles. The van der Waals surface area contributed by atoms with Crippen molar-refractivity contribution in [2.24, 2.45) is 0 Å². The fraction of sp³-hybridized carbons (Fsp3) is 0.435. The first kappa shape index (κ1) is 21.6. The van der Waals surface area contributed by atoms with Crippen molar-refractivity contribution in [3.63, 3.8) is 0 Å². The van der Waals surface area contributed by atoms with Crippen LogP contribution in [0.2, 0.25) is 0 Å². The first-order valence-electron chi connectivity index (χ1n) is 10.1. The van der Waals surface area contributed by atoms with Crippen LogP contribution in [0.3, 0.4) is 0 Å². The molecule has 0 aliphatic heterocycles. The van der Waals surface area contributed by atoms with Crippen molar-refractivity contribution in [1.82, 2.24) is 10.3 Å². The standard InChI is InChI=1S/C23H28N2O5/c1-15-16(9-8-10-18(15)28-2)21(27)25-23(13-6-5-7-14-23)20(26)17-11-12-19(29-3)24-22(17)30-4/h8-12H,5-7,13-14H2,1-4H3,(H,25,27). The first-order chi connectivity index (χ1) is 14.5. The van der Waals surface area contributed by atoms with Gasteiger partial charge in [0.05, 0.1) is 26.9 Å². The van der Waals surface area contributed by atoms with Crippen molar-refractivity contribution in [2.75, 3.05) is 21.3 Å². The molecule has 1 heterocycles. The molecule has 0 bridgehead atoms. The number of carbonyl (C=O) groups excluding carboxylic acids is 2. The molecule has 1 N–H and O–H groups in total. The fourth-order valence-electron chi connectivity index (χ4n) is 4.05. The normalized spacial score (nSPS) is 15.2. The maximum atomic E-state index is 13.7. The van der Waals surface area contributed by atoms with Crippen molar-refractivity contribution >= 4 is 11.7 Å². The molecule has 1 amide bonds. The highest BCUT2D eigenvalue weighted by Gasteiger charge is 2.43. The van der Waals surface area contributed by atoms with Crippen LogP contribution in [0.4, 0.5) is 0 Å². The summed E-state index contributed by atoms with van der Waals surface area (Å²) < 4.78 is 15.8. The van der Waals surface area contributed by atoms with Crippen molar-refractivity contribution in [3.05, 3.63) is 47.0 Å². The minimum absolute atomic E-state index is 0.191. The van der Waals surface area contributed by atoms with E-state index in [9.17, 15) is 9.59 Å². The number of benzene rings is 1. The predicted molar refractivity (Wildman–Crippen MR) is 113 cm³/mol. The van der Waals surface area contributed by atoms with E-state index in [1.54, 1.807) is 31.4 Å². The Kier molecular flexibility index (Phi) is 6.59. The third-order valence-corrected chi connectivity index (χ3v) is 5.73. The van der Waals surface area contributed by atoms with E-state index < -0.39 is 5.54 Å². The Morgan fingerprint density at radius 1 is 0.933 bits per heavy atom. The number of rotatable bonds is 7. The summed E-state index contributed by atoms with van der Waals surface area (Å²) in [4.78, 5) is 31.1. The molecule has 1 fully saturated rings. The monoisotopic (exact) mass is 412 g/mol. The number of pyridine rings is 1. The molecular formula is C23H28N2O5. The molecule has 0 atom stereocenters. The molecule has 3 rings (SSSR count). The lowest BCUT2D eigenvalue weighted by molar-refractivity contribution is 0.0710. The maximum Gasteiger partial charge on any atom is 0.252 e. The number of amides is 1. The van der Waals surface area contributed by atoms with E-state index in [0.717, 1.165) is 24.8 Å². The molecule has 1 aromatic heterocycles. The highest BCUT2D eigenvalue weighted by atomic mass is 16.5. The molecule has 0 spiro atoms. The van der Waals surface area contributed by atoms with E-state index in [0.29, 0.717) is 35.6 Å². The lowest BCUT2D eigenvalue weighted by Crippen LogP contribution is -2.55. The average Bonchev–Trinajstić information content (AvgIpc) is 2.78. The molecule has 2 aromatic rings. The van der Waals surface area contributed by atoms with Crippen LogP contribution in [-0.2, 0) is 0 Å². The molecule has 0 saturated heterocycles. The van der Waals surface area contributed by atoms with Gasteiger partial charge in [0.2, 0.25) is 11.8 Å². The quantitative estimate of drug-likeness (QED) is 0.698. The number of hydrogen-bond donors (Lipinski definition) is 1. The molecule has 1 aliphatic rings. The SMILES string of the molecule is COc1ccc(C(=O)C2(NC(=O)c3cccc(OC)c3C)CCCCC2)c(OC)n1. The van der Waals surface area contributed by atoms with E-state index >= 15 is 0 Å². The minimum atomic E-state index is -1.01. The Morgan fingerprint density at radius 2 is 1.67 bits per heavy atom. The first-order valence-corrected chi connectivity index (χ1v) is 10.1. The topological polar surface area (TPSA) is 86.8 Å². The van der Waals surface area contributed by atoms with Gasteiger partial charge < -0.3 is 19.5 Å². The zero-order chi connectivity index (χ0) is 21.7. The third kappa shape index (κ3) is 4.10. The Balaban J connectivity index is 1.97. The summed E-state index contributed by atoms with van der Waals surface area (Å²) in [7, 11) is 4.53. The lowest BCUT2D eigenvalue weighted by atomic mass is 9.76. The van der Waals surface area contributed by atoms with Crippen LogP contribution in [0.25, 0.3) is 0 Å². The summed E-state index contributed by atoms with van der Waals surface area (Å²) in [5.74, 6) is 0.700. The van der Waals surface area contributed by atoms with Gasteiger partial charge >= 0.3 is 0 Å². The molecule has 0 unspecified atom stereocenters. The van der Waals surface area contributed by atoms with Gasteiger partial charge in [0, 0.05) is 17.2 Å². The van der Waals surface area contributed by atoms with Gasteiger partial charge in [0.15, 0.2) is 5.78 Å². The number of ketones is 1. The highest BCUT2D eigenvalue weighted by molar-refractivity contribution is 6.08. The second-order valence-electron chi connectivity index (χ2n) is 7.47. The predicted octanol–water partition coefficient (Wildman–Crippen LogP) is 3.73. The molecule has 7 heteroatoms. The van der Waals surface area contributed by atoms with Crippen molar-refractivity contribution < 1.29 is 23.8 Å². The number of ether oxygens (including phenoxy) is 3. The number of hydrogen-bond acceptors (Lipinski definition) is 6. The smallest absolute Gasteiger partial charge is 0.252 e. The molecule has 0 radical (unpaired) electrons. The fourth-order valence-corrected chi connectivity index (χ4v) is 4.05. The summed E-state index contributed by atoms with van der Waals surface area (Å²) in [5.41, 5.74) is 0.559. The van der Waals surface area contributed by atoms with Crippen LogP contribution in [0.15, 0.2) is 30.3 Å². The second-order valence-corrected chi connectivity index (χ2v) is 7.47. The summed E-state index contributed by atoms with van der Waals surface area (Å²) in [6, 6.07) is 8.59. The summed E-state index contributed by atoms with van der Waals surface area (Å²) in [6.45, 7) is 1.83. The number of aromatic nitrogens is 1. The number of carbonyl (C=O) groups is 2. The van der Waals surface area contributed by atoms with Crippen molar-refractivity contribution in [3.8, 4) is 17.5 Å². The van der Waals surface area contributed by atoms with Gasteiger partial charge in [-0.1, -0.05) is 25.3 Å². The highest BCUT2D eigenvalue weighted by Crippen LogP contribution is 2.35. The summed E-state index contributed by atoms with van der Waals surface area (Å²) >= 11 is 0. The Bertz CT molecular complexity index is 935. The number of nitrogens with one attached hydrogen (secondary N) is 1. The molecule has 7 nitrogen and oxygen atoms in total. The van der Waals surface area contributed by atoms with Crippen LogP contribution in [0, 0.1) is 6.92 Å². The Hall–Kier alpha value is -3.09. The zero-order valence-corrected chi connectivity index (χ0v) is 17.9. The number of nitrogens with zero attached hydrogens (tertiary/aromatic N) is 1. The van der Waals surface area contributed by atoms with Crippen molar-refractivity contribution in [2.45, 2.75) is 44.6 Å². The number of Topliss-reactive ketones (excluding diaryl/α,β-unsaturated/α-hetero) is 1. The summed E-state index contributed by atoms with van der Waals surface area (Å²) in [5, 5.41) is 3.06. The maximum absolute atomic E-state index is 13.7. The molecular weight excluding hydrogens is 384 g/mol. The van der Waals surface area contributed by atoms with Crippen LogP contribution in [0.1, 0.15) is 58.4 Å². The van der Waals surface area contributed by atoms with Gasteiger partial charge in [0.1, 0.15) is 11.3 Å². The Morgan fingerprint density at radius 3 is 2.30 bits per heavy atom. The summed E-state index contributed by atoms with van der Waals surface area (Å²) in [6.07, 6.45) is 3.87. The van der Waals surface area contributed by atoms with Gasteiger partial charge in [0.25, 0.3) is 5.91 Å². The second kappa shape index (κ2) is 9.15. The van der Waals surface area contributed by atoms with E-state index in [2.05, 4.69) is 10.3 Å². The van der Waals surface area contributed by atoms with E-state index in [1.807, 2.05) is 13.0 Å². The van der Waals surface area contributed by atoms with Gasteiger partial charge in [-0.15, -0.1) is 0 Å². The van der Waals surface area contributed by atoms with Crippen LogP contribution >= 0.6 is 0 Å². The van der Waals surface area contributed by atoms with E-state index in [4.69, 9.17) is 14.2 Å². The van der Waals surface area contributed by atoms with Gasteiger partial charge in [-0.05, 0) is 38.0 Å². The average molecular weight is 412 g/mol. The zero-order valence-electron chi connectivity index (χ0n) is 17.9. The van der Waals surface area contributed by atoms with Crippen LogP contribution in [-0.4, -0.2) is 43.5 Å². The van der Waals surface area contributed by atoms with Gasteiger partial charge in [-0.3, -0.25) is 9.59 Å². The molecule has 160 valence electrons. The van der Waals surface area contributed by atoms with Gasteiger partial charge in [-0.25, -0.2) is 0 Å². The van der Waals surface area contributed by atoms with Gasteiger partial charge in [-0.2, -0.15) is 4.98 Å². The molecule has 30 heavy (non-hydrogen) atoms. The lowest BCUT2D eigenvalue weighted by Gasteiger charge is -2.37. The minimum Gasteiger partial charge on any atom is -0.496 e. The number of methoxy groups -OCH3 is 3. The molecule has 1 aliphatic carbocycles. The van der Waals surface area contributed by atoms with Crippen LogP contribution in [0.5, 0.6) is 17.5 Å². The van der Waals surface area contributed by atoms with E-state index in [-0.39, 0.29) is 17.6 Å². The van der Waals surface area contributed by atoms with Crippen LogP contribution < -0.4 is 19.5 Å². The third-order valence-electron chi connectivity index (χ3n) is 5.73. The van der Waals surface area contributed by atoms with Crippen molar-refractivity contribution in [1.29, 1.82) is 0 Å². The molecule has 1 aromatic carbocycles. The van der Waals surface area contributed by atoms with E-state index in [1.165, 1.54) is 14.2 Å².